The maximum Gasteiger partial charge on any atom is 0.239 e. The van der Waals surface area contributed by atoms with Crippen LogP contribution in [0.3, 0.4) is 0 Å². The molecule has 0 unspecified atom stereocenters. The molecule has 18 heavy (non-hydrogen) atoms. The van der Waals surface area contributed by atoms with Crippen molar-refractivity contribution in [3.63, 3.8) is 0 Å². The molecule has 1 saturated heterocycles. The standard InChI is InChI=1S/C12H18N2O3S/c15-18(7-10-3-1-2-6-16-10)8-11-13-12(14-17-11)9-4-5-9/h9-10H,1-8H2/t10-,18-/m0/s1. The van der Waals surface area contributed by atoms with Crippen LogP contribution < -0.4 is 0 Å². The second-order valence-electron chi connectivity index (χ2n) is 5.06. The lowest BCUT2D eigenvalue weighted by Gasteiger charge is -2.21. The smallest absolute Gasteiger partial charge is 0.239 e. The molecule has 1 aromatic rings. The van der Waals surface area contributed by atoms with Crippen LogP contribution >= 0.6 is 0 Å². The van der Waals surface area contributed by atoms with Gasteiger partial charge in [0, 0.05) is 23.3 Å². The highest BCUT2D eigenvalue weighted by Gasteiger charge is 2.29. The SMILES string of the molecule is O=[S@](Cc1nc(C2CC2)no1)C[C@@H]1CCCCO1. The van der Waals surface area contributed by atoms with Gasteiger partial charge in [-0.15, -0.1) is 0 Å². The van der Waals surface area contributed by atoms with Crippen LogP contribution in [0.5, 0.6) is 0 Å². The van der Waals surface area contributed by atoms with E-state index in [4.69, 9.17) is 9.26 Å². The van der Waals surface area contributed by atoms with Crippen molar-refractivity contribution < 1.29 is 13.5 Å². The molecule has 0 aromatic carbocycles. The third-order valence-corrected chi connectivity index (χ3v) is 4.67. The van der Waals surface area contributed by atoms with Crippen LogP contribution in [0.1, 0.15) is 49.7 Å². The van der Waals surface area contributed by atoms with E-state index < -0.39 is 10.8 Å². The summed E-state index contributed by atoms with van der Waals surface area (Å²) in [5.41, 5.74) is 0. The Morgan fingerprint density at radius 2 is 2.17 bits per heavy atom. The summed E-state index contributed by atoms with van der Waals surface area (Å²) >= 11 is 0. The van der Waals surface area contributed by atoms with Gasteiger partial charge in [-0.3, -0.25) is 4.21 Å². The highest BCUT2D eigenvalue weighted by molar-refractivity contribution is 7.84. The predicted molar refractivity (Wildman–Crippen MR) is 66.6 cm³/mol. The fourth-order valence-electron chi connectivity index (χ4n) is 2.18. The molecule has 6 heteroatoms. The van der Waals surface area contributed by atoms with E-state index in [0.717, 1.165) is 38.1 Å². The maximum absolute atomic E-state index is 12.0. The Bertz CT molecular complexity index is 425. The van der Waals surface area contributed by atoms with E-state index in [0.29, 0.717) is 23.3 Å². The lowest BCUT2D eigenvalue weighted by Crippen LogP contribution is -2.25. The summed E-state index contributed by atoms with van der Waals surface area (Å²) in [4.78, 5) is 4.29. The third-order valence-electron chi connectivity index (χ3n) is 3.36. The fraction of sp³-hybridized carbons (Fsp3) is 0.833. The molecule has 1 aliphatic carbocycles. The minimum Gasteiger partial charge on any atom is -0.377 e. The van der Waals surface area contributed by atoms with Crippen molar-refractivity contribution in [2.75, 3.05) is 12.4 Å². The molecule has 100 valence electrons. The molecule has 2 atom stereocenters. The van der Waals surface area contributed by atoms with Crippen LogP contribution in [0, 0.1) is 0 Å². The van der Waals surface area contributed by atoms with Gasteiger partial charge in [-0.1, -0.05) is 5.16 Å². The normalized spacial score (nSPS) is 26.1. The minimum atomic E-state index is -0.969. The summed E-state index contributed by atoms with van der Waals surface area (Å²) < 4.78 is 22.7. The summed E-state index contributed by atoms with van der Waals surface area (Å²) in [6.45, 7) is 0.800. The van der Waals surface area contributed by atoms with Gasteiger partial charge < -0.3 is 9.26 Å². The number of nitrogens with zero attached hydrogens (tertiary/aromatic N) is 2. The van der Waals surface area contributed by atoms with Gasteiger partial charge in [-0.25, -0.2) is 0 Å². The number of rotatable bonds is 5. The minimum absolute atomic E-state index is 0.144. The van der Waals surface area contributed by atoms with Crippen molar-refractivity contribution in [1.82, 2.24) is 10.1 Å². The molecule has 0 amide bonds. The second kappa shape index (κ2) is 5.48. The van der Waals surface area contributed by atoms with Crippen molar-refractivity contribution in [1.29, 1.82) is 0 Å². The monoisotopic (exact) mass is 270 g/mol. The first-order chi connectivity index (χ1) is 8.81. The summed E-state index contributed by atoms with van der Waals surface area (Å²) in [7, 11) is -0.969. The van der Waals surface area contributed by atoms with E-state index >= 15 is 0 Å². The van der Waals surface area contributed by atoms with Crippen molar-refractivity contribution >= 4 is 10.8 Å². The average molecular weight is 270 g/mol. The topological polar surface area (TPSA) is 65.2 Å². The number of aromatic nitrogens is 2. The Labute approximate surface area is 109 Å². The zero-order valence-corrected chi connectivity index (χ0v) is 11.2. The molecule has 0 radical (unpaired) electrons. The van der Waals surface area contributed by atoms with Crippen LogP contribution in [0.2, 0.25) is 0 Å². The summed E-state index contributed by atoms with van der Waals surface area (Å²) in [5, 5.41) is 3.93. The van der Waals surface area contributed by atoms with Gasteiger partial charge in [0.05, 0.1) is 11.9 Å². The average Bonchev–Trinajstić information content (AvgIpc) is 3.12. The molecule has 1 saturated carbocycles. The molecule has 2 fully saturated rings. The van der Waals surface area contributed by atoms with Crippen LogP contribution in [0.15, 0.2) is 4.52 Å². The third kappa shape index (κ3) is 3.17. The van der Waals surface area contributed by atoms with Gasteiger partial charge in [0.2, 0.25) is 5.89 Å². The Kier molecular flexibility index (Phi) is 3.75. The lowest BCUT2D eigenvalue weighted by atomic mass is 10.1. The molecule has 3 rings (SSSR count). The Morgan fingerprint density at radius 3 is 2.89 bits per heavy atom. The second-order valence-corrected chi connectivity index (χ2v) is 6.56. The van der Waals surface area contributed by atoms with Gasteiger partial charge in [0.25, 0.3) is 0 Å². The van der Waals surface area contributed by atoms with Crippen molar-refractivity contribution in [2.24, 2.45) is 0 Å². The van der Waals surface area contributed by atoms with Gasteiger partial charge >= 0.3 is 0 Å². The van der Waals surface area contributed by atoms with Crippen LogP contribution in [0.25, 0.3) is 0 Å². The number of hydrogen-bond acceptors (Lipinski definition) is 5. The molecule has 1 aliphatic heterocycles. The van der Waals surface area contributed by atoms with Gasteiger partial charge in [-0.2, -0.15) is 4.98 Å². The van der Waals surface area contributed by atoms with Crippen LogP contribution in [-0.4, -0.2) is 32.8 Å². The highest BCUT2D eigenvalue weighted by Crippen LogP contribution is 2.38. The summed E-state index contributed by atoms with van der Waals surface area (Å²) in [6.07, 6.45) is 5.76. The molecule has 1 aromatic heterocycles. The van der Waals surface area contributed by atoms with Crippen molar-refractivity contribution in [2.45, 2.75) is 49.9 Å². The van der Waals surface area contributed by atoms with E-state index in [2.05, 4.69) is 10.1 Å². The molecular formula is C12H18N2O3S. The molecule has 0 spiro atoms. The molecule has 0 bridgehead atoms. The molecule has 2 aliphatic rings. The number of ether oxygens (including phenoxy) is 1. The fourth-order valence-corrected chi connectivity index (χ4v) is 3.36. The van der Waals surface area contributed by atoms with Gasteiger partial charge in [0.15, 0.2) is 5.82 Å². The van der Waals surface area contributed by atoms with Crippen LogP contribution in [-0.2, 0) is 21.3 Å². The first-order valence-electron chi connectivity index (χ1n) is 6.60. The van der Waals surface area contributed by atoms with Crippen molar-refractivity contribution in [3.8, 4) is 0 Å². The molecule has 2 heterocycles. The van der Waals surface area contributed by atoms with E-state index in [1.807, 2.05) is 0 Å². The lowest BCUT2D eigenvalue weighted by molar-refractivity contribution is 0.0310. The largest absolute Gasteiger partial charge is 0.377 e. The van der Waals surface area contributed by atoms with E-state index in [1.165, 1.54) is 6.42 Å². The summed E-state index contributed by atoms with van der Waals surface area (Å²) in [6, 6.07) is 0. The Hall–Kier alpha value is -0.750. The van der Waals surface area contributed by atoms with Gasteiger partial charge in [-0.05, 0) is 32.1 Å². The van der Waals surface area contributed by atoms with E-state index in [9.17, 15) is 4.21 Å². The Morgan fingerprint density at radius 1 is 1.28 bits per heavy atom. The van der Waals surface area contributed by atoms with Crippen molar-refractivity contribution in [3.05, 3.63) is 11.7 Å². The van der Waals surface area contributed by atoms with Gasteiger partial charge in [0.1, 0.15) is 5.75 Å². The Balaban J connectivity index is 1.49. The number of hydrogen-bond donors (Lipinski definition) is 0. The quantitative estimate of drug-likeness (QED) is 0.815. The molecule has 5 nitrogen and oxygen atoms in total. The zero-order chi connectivity index (χ0) is 12.4. The maximum atomic E-state index is 12.0. The first kappa shape index (κ1) is 12.3. The highest BCUT2D eigenvalue weighted by atomic mass is 32.2. The molecular weight excluding hydrogens is 252 g/mol. The molecule has 0 N–H and O–H groups in total. The van der Waals surface area contributed by atoms with Crippen LogP contribution in [0.4, 0.5) is 0 Å². The zero-order valence-electron chi connectivity index (χ0n) is 10.3. The van der Waals surface area contributed by atoms with E-state index in [-0.39, 0.29) is 6.10 Å². The predicted octanol–water partition coefficient (Wildman–Crippen LogP) is 1.76. The summed E-state index contributed by atoms with van der Waals surface area (Å²) in [5.74, 6) is 2.72. The van der Waals surface area contributed by atoms with E-state index in [1.54, 1.807) is 0 Å². The first-order valence-corrected chi connectivity index (χ1v) is 8.09.